The molecule has 1 aromatic carbocycles. The molecule has 0 spiro atoms. The third-order valence-electron chi connectivity index (χ3n) is 5.67. The van der Waals surface area contributed by atoms with Crippen LogP contribution >= 0.6 is 0 Å². The van der Waals surface area contributed by atoms with Gasteiger partial charge in [-0.3, -0.25) is 9.88 Å². The number of aromatic amines is 1. The fourth-order valence-electron chi connectivity index (χ4n) is 4.32. The summed E-state index contributed by atoms with van der Waals surface area (Å²) < 4.78 is 0. The number of carbonyl (C=O) groups is 1. The third-order valence-corrected chi connectivity index (χ3v) is 5.67. The Morgan fingerprint density at radius 3 is 3.00 bits per heavy atom. The van der Waals surface area contributed by atoms with Crippen molar-refractivity contribution in [2.45, 2.75) is 38.8 Å². The monoisotopic (exact) mass is 347 g/mol. The number of fused-ring (bicyclic) bond motifs is 4. The van der Waals surface area contributed by atoms with Crippen LogP contribution in [0, 0.1) is 0 Å². The molecule has 26 heavy (non-hydrogen) atoms. The molecular weight excluding hydrogens is 326 g/mol. The maximum absolute atomic E-state index is 11.3. The second-order valence-electron chi connectivity index (χ2n) is 7.37. The molecule has 5 nitrogen and oxygen atoms in total. The number of aromatic carboxylic acids is 1. The quantitative estimate of drug-likeness (QED) is 0.763. The van der Waals surface area contributed by atoms with Gasteiger partial charge in [-0.1, -0.05) is 6.07 Å². The van der Waals surface area contributed by atoms with Crippen LogP contribution in [-0.2, 0) is 32.4 Å². The lowest BCUT2D eigenvalue weighted by Gasteiger charge is -2.27. The van der Waals surface area contributed by atoms with Crippen LogP contribution in [0.3, 0.4) is 0 Å². The molecule has 3 heterocycles. The van der Waals surface area contributed by atoms with Gasteiger partial charge >= 0.3 is 5.97 Å². The van der Waals surface area contributed by atoms with E-state index in [0.29, 0.717) is 5.56 Å². The highest BCUT2D eigenvalue weighted by atomic mass is 16.4. The number of nitrogens with zero attached hydrogens (tertiary/aromatic N) is 2. The first-order chi connectivity index (χ1) is 12.7. The second-order valence-corrected chi connectivity index (χ2v) is 7.37. The van der Waals surface area contributed by atoms with Gasteiger partial charge in [0, 0.05) is 48.3 Å². The van der Waals surface area contributed by atoms with Crippen molar-refractivity contribution in [3.05, 3.63) is 64.1 Å². The van der Waals surface area contributed by atoms with Crippen LogP contribution in [0.1, 0.15) is 45.0 Å². The van der Waals surface area contributed by atoms with Gasteiger partial charge in [0.15, 0.2) is 0 Å². The number of rotatable bonds is 3. The van der Waals surface area contributed by atoms with Gasteiger partial charge in [0.05, 0.1) is 11.3 Å². The van der Waals surface area contributed by atoms with E-state index in [0.717, 1.165) is 55.5 Å². The number of aromatic nitrogens is 2. The van der Waals surface area contributed by atoms with Crippen LogP contribution < -0.4 is 0 Å². The van der Waals surface area contributed by atoms with Crippen LogP contribution in [0.2, 0.25) is 0 Å². The first kappa shape index (κ1) is 15.6. The fourth-order valence-corrected chi connectivity index (χ4v) is 4.32. The molecule has 2 aliphatic rings. The molecule has 0 atom stereocenters. The maximum Gasteiger partial charge on any atom is 0.335 e. The molecule has 0 saturated heterocycles. The van der Waals surface area contributed by atoms with E-state index < -0.39 is 5.97 Å². The molecule has 132 valence electrons. The summed E-state index contributed by atoms with van der Waals surface area (Å²) in [5.74, 6) is -0.878. The summed E-state index contributed by atoms with van der Waals surface area (Å²) in [4.78, 5) is 22.0. The summed E-state index contributed by atoms with van der Waals surface area (Å²) in [6, 6.07) is 9.74. The number of benzene rings is 1. The number of pyridine rings is 1. The van der Waals surface area contributed by atoms with E-state index in [1.165, 1.54) is 28.9 Å². The van der Waals surface area contributed by atoms with Gasteiger partial charge in [0.2, 0.25) is 0 Å². The highest BCUT2D eigenvalue weighted by Gasteiger charge is 2.22. The van der Waals surface area contributed by atoms with Gasteiger partial charge in [-0.25, -0.2) is 4.79 Å². The standard InChI is InChI=1S/C21H21N3O2/c25-21(26)14-5-7-19-16(10-14)17-12-24(9-8-20(17)23-19)11-15-6-4-13-2-1-3-18(13)22-15/h4-7,10,23H,1-3,8-9,11-12H2,(H,25,26). The number of hydrogen-bond donors (Lipinski definition) is 2. The van der Waals surface area contributed by atoms with E-state index >= 15 is 0 Å². The molecule has 0 amide bonds. The van der Waals surface area contributed by atoms with Gasteiger partial charge in [0.25, 0.3) is 0 Å². The zero-order chi connectivity index (χ0) is 17.7. The van der Waals surface area contributed by atoms with Crippen molar-refractivity contribution >= 4 is 16.9 Å². The van der Waals surface area contributed by atoms with Crippen LogP contribution in [0.4, 0.5) is 0 Å². The van der Waals surface area contributed by atoms with Gasteiger partial charge < -0.3 is 10.1 Å². The highest BCUT2D eigenvalue weighted by molar-refractivity contribution is 5.95. The van der Waals surface area contributed by atoms with Crippen molar-refractivity contribution in [3.8, 4) is 0 Å². The summed E-state index contributed by atoms with van der Waals surface area (Å²) in [6.07, 6.45) is 4.45. The maximum atomic E-state index is 11.3. The molecule has 5 rings (SSSR count). The SMILES string of the molecule is O=C(O)c1ccc2[nH]c3c(c2c1)CN(Cc1ccc2c(n1)CCC2)CC3. The van der Waals surface area contributed by atoms with Crippen LogP contribution in [-0.4, -0.2) is 32.5 Å². The second kappa shape index (κ2) is 5.95. The molecule has 2 N–H and O–H groups in total. The molecule has 3 aromatic rings. The molecule has 0 saturated carbocycles. The molecule has 0 bridgehead atoms. The fraction of sp³-hybridized carbons (Fsp3) is 0.333. The predicted molar refractivity (Wildman–Crippen MR) is 99.3 cm³/mol. The Balaban J connectivity index is 1.43. The summed E-state index contributed by atoms with van der Waals surface area (Å²) >= 11 is 0. The zero-order valence-corrected chi connectivity index (χ0v) is 14.6. The molecule has 0 fully saturated rings. The number of nitrogens with one attached hydrogen (secondary N) is 1. The molecular formula is C21H21N3O2. The molecule has 1 aliphatic carbocycles. The van der Waals surface area contributed by atoms with E-state index in [1.54, 1.807) is 12.1 Å². The first-order valence-corrected chi connectivity index (χ1v) is 9.24. The Bertz CT molecular complexity index is 1020. The van der Waals surface area contributed by atoms with Gasteiger partial charge in [-0.15, -0.1) is 0 Å². The Morgan fingerprint density at radius 2 is 2.12 bits per heavy atom. The topological polar surface area (TPSA) is 69.2 Å². The lowest BCUT2D eigenvalue weighted by Crippen LogP contribution is -2.30. The van der Waals surface area contributed by atoms with E-state index in [4.69, 9.17) is 4.98 Å². The number of H-pyrrole nitrogens is 1. The number of hydrogen-bond acceptors (Lipinski definition) is 3. The Morgan fingerprint density at radius 1 is 1.19 bits per heavy atom. The Hall–Kier alpha value is -2.66. The summed E-state index contributed by atoms with van der Waals surface area (Å²) in [6.45, 7) is 2.67. The van der Waals surface area contributed by atoms with Gasteiger partial charge in [0.1, 0.15) is 0 Å². The zero-order valence-electron chi connectivity index (χ0n) is 14.6. The van der Waals surface area contributed by atoms with Crippen molar-refractivity contribution in [3.63, 3.8) is 0 Å². The molecule has 0 unspecified atom stereocenters. The minimum absolute atomic E-state index is 0.344. The van der Waals surface area contributed by atoms with Crippen molar-refractivity contribution < 1.29 is 9.90 Å². The number of aryl methyl sites for hydroxylation is 2. The van der Waals surface area contributed by atoms with E-state index in [-0.39, 0.29) is 0 Å². The predicted octanol–water partition coefficient (Wildman–Crippen LogP) is 3.31. The van der Waals surface area contributed by atoms with Crippen molar-refractivity contribution in [1.82, 2.24) is 14.9 Å². The Kier molecular flexibility index (Phi) is 3.57. The molecule has 2 aromatic heterocycles. The van der Waals surface area contributed by atoms with Crippen molar-refractivity contribution in [1.29, 1.82) is 0 Å². The average molecular weight is 347 g/mol. The number of carboxylic acids is 1. The summed E-state index contributed by atoms with van der Waals surface area (Å²) in [5.41, 5.74) is 7.66. The van der Waals surface area contributed by atoms with Crippen LogP contribution in [0.25, 0.3) is 10.9 Å². The number of carboxylic acid groups (broad SMARTS) is 1. The molecule has 1 aliphatic heterocycles. The third kappa shape index (κ3) is 2.59. The normalized spacial score (nSPS) is 16.6. The summed E-state index contributed by atoms with van der Waals surface area (Å²) in [7, 11) is 0. The van der Waals surface area contributed by atoms with Gasteiger partial charge in [-0.05, 0) is 54.7 Å². The van der Waals surface area contributed by atoms with Crippen LogP contribution in [0.5, 0.6) is 0 Å². The minimum Gasteiger partial charge on any atom is -0.478 e. The summed E-state index contributed by atoms with van der Waals surface area (Å²) in [5, 5.41) is 10.3. The van der Waals surface area contributed by atoms with Crippen molar-refractivity contribution in [2.24, 2.45) is 0 Å². The Labute approximate surface area is 151 Å². The molecule has 5 heteroatoms. The van der Waals surface area contributed by atoms with E-state index in [9.17, 15) is 9.90 Å². The van der Waals surface area contributed by atoms with E-state index in [2.05, 4.69) is 22.0 Å². The minimum atomic E-state index is -0.878. The highest BCUT2D eigenvalue weighted by Crippen LogP contribution is 2.29. The largest absolute Gasteiger partial charge is 0.478 e. The van der Waals surface area contributed by atoms with Crippen LogP contribution in [0.15, 0.2) is 30.3 Å². The first-order valence-electron chi connectivity index (χ1n) is 9.24. The average Bonchev–Trinajstić information content (AvgIpc) is 3.24. The van der Waals surface area contributed by atoms with Crippen molar-refractivity contribution in [2.75, 3.05) is 6.54 Å². The smallest absolute Gasteiger partial charge is 0.335 e. The molecule has 0 radical (unpaired) electrons. The lowest BCUT2D eigenvalue weighted by atomic mass is 10.0. The van der Waals surface area contributed by atoms with E-state index in [1.807, 2.05) is 6.07 Å². The lowest BCUT2D eigenvalue weighted by molar-refractivity contribution is 0.0697. The van der Waals surface area contributed by atoms with Gasteiger partial charge in [-0.2, -0.15) is 0 Å².